The molecule has 0 aromatic rings. The number of hydrogen-bond acceptors (Lipinski definition) is 2. The lowest BCUT2D eigenvalue weighted by Crippen LogP contribution is -2.23. The van der Waals surface area contributed by atoms with Gasteiger partial charge in [-0.1, -0.05) is 98.1 Å². The maximum Gasteiger partial charge on any atom is 0.163 e. The van der Waals surface area contributed by atoms with Crippen LogP contribution in [0, 0.1) is 17.8 Å². The molecule has 0 bridgehead atoms. The van der Waals surface area contributed by atoms with E-state index in [1.165, 1.54) is 73.7 Å². The third-order valence-corrected chi connectivity index (χ3v) is 8.42. The van der Waals surface area contributed by atoms with Crippen molar-refractivity contribution in [2.24, 2.45) is 17.8 Å². The molecular weight excluding hydrogens is 404 g/mol. The van der Waals surface area contributed by atoms with Crippen LogP contribution in [0.3, 0.4) is 0 Å². The summed E-state index contributed by atoms with van der Waals surface area (Å²) in [5, 5.41) is 0. The Hall–Kier alpha value is -2.22. The number of carbonyl (C=O) groups is 2. The van der Waals surface area contributed by atoms with Crippen molar-refractivity contribution in [1.29, 1.82) is 0 Å². The minimum atomic E-state index is 0.0520. The van der Waals surface area contributed by atoms with E-state index in [-0.39, 0.29) is 17.5 Å². The highest BCUT2D eigenvalue weighted by atomic mass is 16.1. The Morgan fingerprint density at radius 2 is 1.67 bits per heavy atom. The molecule has 2 fully saturated rings. The second-order valence-corrected chi connectivity index (χ2v) is 10.8. The van der Waals surface area contributed by atoms with Gasteiger partial charge in [-0.15, -0.1) is 0 Å². The van der Waals surface area contributed by atoms with Crippen LogP contribution in [-0.2, 0) is 9.59 Å². The van der Waals surface area contributed by atoms with E-state index in [4.69, 9.17) is 0 Å². The third-order valence-electron chi connectivity index (χ3n) is 8.42. The molecule has 33 heavy (non-hydrogen) atoms. The monoisotopic (exact) mass is 442 g/mol. The van der Waals surface area contributed by atoms with Crippen LogP contribution in [0.15, 0.2) is 70.4 Å². The first kappa shape index (κ1) is 22.6. The maximum atomic E-state index is 12.9. The van der Waals surface area contributed by atoms with E-state index in [1.807, 2.05) is 6.08 Å². The number of ketones is 2. The van der Waals surface area contributed by atoms with E-state index >= 15 is 0 Å². The van der Waals surface area contributed by atoms with Crippen molar-refractivity contribution in [2.45, 2.75) is 89.9 Å². The minimum Gasteiger partial charge on any atom is -0.294 e. The van der Waals surface area contributed by atoms with Crippen molar-refractivity contribution in [3.8, 4) is 0 Å². The minimum absolute atomic E-state index is 0.0520. The van der Waals surface area contributed by atoms with Crippen molar-refractivity contribution < 1.29 is 9.59 Å². The SMILES string of the molecule is O=C(CCC1=CC2C=C(CCCC3CCCCC3)C=CC2=C1)C1=CC(=O)C2CCCCC2=C1. The standard InChI is InChI=1S/C31H38O2/c32-30(28-20-26-11-4-5-12-29(26)31(33)21-28)16-14-24-18-25-15-13-23(17-27(25)19-24)10-6-9-22-7-2-1-3-8-22/h13,15,17-22,27,29H,1-12,14,16H2. The zero-order valence-electron chi connectivity index (χ0n) is 20.0. The summed E-state index contributed by atoms with van der Waals surface area (Å²) in [6, 6.07) is 0. The molecule has 0 saturated heterocycles. The van der Waals surface area contributed by atoms with Gasteiger partial charge in [0.1, 0.15) is 0 Å². The maximum absolute atomic E-state index is 12.9. The van der Waals surface area contributed by atoms with Gasteiger partial charge in [-0.05, 0) is 56.1 Å². The first-order valence-corrected chi connectivity index (χ1v) is 13.5. The van der Waals surface area contributed by atoms with Gasteiger partial charge in [-0.2, -0.15) is 0 Å². The number of allylic oxidation sites excluding steroid dienone is 12. The zero-order chi connectivity index (χ0) is 22.6. The van der Waals surface area contributed by atoms with Gasteiger partial charge >= 0.3 is 0 Å². The summed E-state index contributed by atoms with van der Waals surface area (Å²) >= 11 is 0. The van der Waals surface area contributed by atoms with Crippen LogP contribution >= 0.6 is 0 Å². The Kier molecular flexibility index (Phi) is 7.09. The van der Waals surface area contributed by atoms with E-state index in [0.717, 1.165) is 38.0 Å². The molecule has 2 heteroatoms. The second kappa shape index (κ2) is 10.4. The summed E-state index contributed by atoms with van der Waals surface area (Å²) in [7, 11) is 0. The lowest BCUT2D eigenvalue weighted by Gasteiger charge is -2.26. The van der Waals surface area contributed by atoms with Crippen LogP contribution in [0.4, 0.5) is 0 Å². The fraction of sp³-hybridized carbons (Fsp3) is 0.548. The Morgan fingerprint density at radius 1 is 0.848 bits per heavy atom. The number of fused-ring (bicyclic) bond motifs is 2. The van der Waals surface area contributed by atoms with Gasteiger partial charge in [0, 0.05) is 23.8 Å². The van der Waals surface area contributed by atoms with E-state index in [2.05, 4.69) is 30.4 Å². The predicted molar refractivity (Wildman–Crippen MR) is 135 cm³/mol. The van der Waals surface area contributed by atoms with Crippen molar-refractivity contribution >= 4 is 11.6 Å². The van der Waals surface area contributed by atoms with Gasteiger partial charge in [0.25, 0.3) is 0 Å². The third kappa shape index (κ3) is 5.48. The van der Waals surface area contributed by atoms with E-state index in [1.54, 1.807) is 6.08 Å². The van der Waals surface area contributed by atoms with E-state index in [9.17, 15) is 9.59 Å². The van der Waals surface area contributed by atoms with Gasteiger partial charge in [0.05, 0.1) is 0 Å². The highest BCUT2D eigenvalue weighted by Gasteiger charge is 2.29. The molecule has 5 aliphatic carbocycles. The predicted octanol–water partition coefficient (Wildman–Crippen LogP) is 7.69. The Bertz CT molecular complexity index is 974. The Balaban J connectivity index is 1.12. The van der Waals surface area contributed by atoms with E-state index < -0.39 is 0 Å². The highest BCUT2D eigenvalue weighted by Crippen LogP contribution is 2.37. The molecule has 2 unspecified atom stereocenters. The van der Waals surface area contributed by atoms with Gasteiger partial charge < -0.3 is 0 Å². The molecule has 2 nitrogen and oxygen atoms in total. The molecule has 2 saturated carbocycles. The molecule has 0 amide bonds. The largest absolute Gasteiger partial charge is 0.294 e. The molecule has 5 rings (SSSR count). The lowest BCUT2D eigenvalue weighted by molar-refractivity contribution is -0.119. The average Bonchev–Trinajstić information content (AvgIpc) is 3.25. The molecule has 0 spiro atoms. The molecule has 0 N–H and O–H groups in total. The quantitative estimate of drug-likeness (QED) is 0.386. The Morgan fingerprint density at radius 3 is 2.55 bits per heavy atom. The smallest absolute Gasteiger partial charge is 0.163 e. The molecule has 174 valence electrons. The van der Waals surface area contributed by atoms with Crippen molar-refractivity contribution in [2.75, 3.05) is 0 Å². The molecule has 0 heterocycles. The summed E-state index contributed by atoms with van der Waals surface area (Å²) in [6.45, 7) is 0. The molecule has 0 radical (unpaired) electrons. The second-order valence-electron chi connectivity index (χ2n) is 10.8. The van der Waals surface area contributed by atoms with Crippen LogP contribution in [0.2, 0.25) is 0 Å². The lowest BCUT2D eigenvalue weighted by atomic mass is 9.77. The van der Waals surface area contributed by atoms with Crippen LogP contribution in [0.25, 0.3) is 0 Å². The molecule has 2 atom stereocenters. The fourth-order valence-electron chi connectivity index (χ4n) is 6.46. The van der Waals surface area contributed by atoms with Crippen molar-refractivity contribution in [3.63, 3.8) is 0 Å². The normalized spacial score (nSPS) is 27.2. The van der Waals surface area contributed by atoms with Crippen LogP contribution in [0.5, 0.6) is 0 Å². The number of hydrogen-bond donors (Lipinski definition) is 0. The first-order chi connectivity index (χ1) is 16.2. The average molecular weight is 443 g/mol. The van der Waals surface area contributed by atoms with Gasteiger partial charge in [-0.25, -0.2) is 0 Å². The topological polar surface area (TPSA) is 34.1 Å². The van der Waals surface area contributed by atoms with E-state index in [0.29, 0.717) is 17.9 Å². The van der Waals surface area contributed by atoms with Crippen LogP contribution in [-0.4, -0.2) is 11.6 Å². The first-order valence-electron chi connectivity index (χ1n) is 13.5. The molecule has 5 aliphatic rings. The van der Waals surface area contributed by atoms with Gasteiger partial charge in [-0.3, -0.25) is 9.59 Å². The van der Waals surface area contributed by atoms with Crippen molar-refractivity contribution in [1.82, 2.24) is 0 Å². The van der Waals surface area contributed by atoms with Crippen molar-refractivity contribution in [3.05, 3.63) is 70.4 Å². The molecule has 0 aromatic carbocycles. The van der Waals surface area contributed by atoms with Crippen LogP contribution in [0.1, 0.15) is 89.9 Å². The zero-order valence-corrected chi connectivity index (χ0v) is 20.0. The summed E-state index contributed by atoms with van der Waals surface area (Å²) in [5.41, 5.74) is 5.92. The summed E-state index contributed by atoms with van der Waals surface area (Å²) in [6.07, 6.45) is 31.8. The fourth-order valence-corrected chi connectivity index (χ4v) is 6.46. The summed E-state index contributed by atoms with van der Waals surface area (Å²) in [5.74, 6) is 1.66. The highest BCUT2D eigenvalue weighted by molar-refractivity contribution is 6.08. The van der Waals surface area contributed by atoms with Gasteiger partial charge in [0.2, 0.25) is 0 Å². The number of Topliss-reactive ketones (excluding diaryl/α,β-unsaturated/α-hetero) is 1. The Labute approximate surface area is 199 Å². The number of rotatable bonds is 8. The molecular formula is C31H38O2. The molecule has 0 aromatic heterocycles. The summed E-state index contributed by atoms with van der Waals surface area (Å²) in [4.78, 5) is 25.3. The van der Waals surface area contributed by atoms with Crippen LogP contribution < -0.4 is 0 Å². The van der Waals surface area contributed by atoms with Gasteiger partial charge in [0.15, 0.2) is 11.6 Å². The molecule has 0 aliphatic heterocycles. The summed E-state index contributed by atoms with van der Waals surface area (Å²) < 4.78 is 0. The number of carbonyl (C=O) groups excluding carboxylic acids is 2.